The van der Waals surface area contributed by atoms with Crippen molar-refractivity contribution in [3.63, 3.8) is 0 Å². The van der Waals surface area contributed by atoms with Gasteiger partial charge in [-0.1, -0.05) is 22.6 Å². The highest BCUT2D eigenvalue weighted by Gasteiger charge is 1.55. The summed E-state index contributed by atoms with van der Waals surface area (Å²) in [7, 11) is 0. The fraction of sp³-hybridized carbons (Fsp3) is 1.00. The minimum absolute atomic E-state index is 0.654. The molecule has 1 nitrogen and oxygen atoms in total. The van der Waals surface area contributed by atoms with Gasteiger partial charge in [0.1, 0.15) is 4.61 Å². The molecule has 0 aromatic carbocycles. The van der Waals surface area contributed by atoms with E-state index < -0.39 is 0 Å². The molecule has 0 saturated heterocycles. The van der Waals surface area contributed by atoms with Gasteiger partial charge in [-0.3, -0.25) is 0 Å². The van der Waals surface area contributed by atoms with Crippen LogP contribution in [0.2, 0.25) is 0 Å². The van der Waals surface area contributed by atoms with Crippen molar-refractivity contribution in [3.05, 3.63) is 0 Å². The third kappa shape index (κ3) is 3.04. The molecule has 0 aromatic heterocycles. The zero-order valence-corrected chi connectivity index (χ0v) is 4.99. The summed E-state index contributed by atoms with van der Waals surface area (Å²) in [6.45, 7) is 0. The summed E-state index contributed by atoms with van der Waals surface area (Å²) in [5, 5.41) is 0. The number of halogens is 1. The first-order chi connectivity index (χ1) is 1.91. The molecule has 0 aliphatic heterocycles. The van der Waals surface area contributed by atoms with E-state index in [0.717, 1.165) is 0 Å². The summed E-state index contributed by atoms with van der Waals surface area (Å²) < 4.78 is 4.88. The zero-order chi connectivity index (χ0) is 3.41. The van der Waals surface area contributed by atoms with E-state index in [2.05, 4.69) is 39.7 Å². The molecule has 26 valence electrons. The lowest BCUT2D eigenvalue weighted by Gasteiger charge is -1.71. The van der Waals surface area contributed by atoms with Crippen LogP contribution in [-0.4, -0.2) is 4.61 Å². The Morgan fingerprint density at radius 2 is 2.25 bits per heavy atom. The molecule has 0 atom stereocenters. The molecule has 0 aromatic rings. The van der Waals surface area contributed by atoms with E-state index in [1.165, 1.54) is 0 Å². The van der Waals surface area contributed by atoms with E-state index in [4.69, 9.17) is 0 Å². The standard InChI is InChI=1S/CH3IOS/c2-1-3-4/h4H,1H2. The molecule has 0 heterocycles. The molecule has 0 bridgehead atoms. The summed E-state index contributed by atoms with van der Waals surface area (Å²) in [6, 6.07) is 0. The minimum Gasteiger partial charge on any atom is -0.308 e. The first kappa shape index (κ1) is 5.04. The van der Waals surface area contributed by atoms with E-state index in [1.807, 2.05) is 0 Å². The van der Waals surface area contributed by atoms with Gasteiger partial charge in [0.2, 0.25) is 0 Å². The Kier molecular flexibility index (Phi) is 5.09. The Morgan fingerprint density at radius 3 is 2.25 bits per heavy atom. The molecular weight excluding hydrogens is 187 g/mol. The quantitative estimate of drug-likeness (QED) is 0.283. The Morgan fingerprint density at radius 1 is 2.00 bits per heavy atom. The molecule has 3 heteroatoms. The van der Waals surface area contributed by atoms with Gasteiger partial charge in [0.05, 0.1) is 0 Å². The SMILES string of the molecule is SOCI. The van der Waals surface area contributed by atoms with E-state index >= 15 is 0 Å². The Hall–Kier alpha value is 1.04. The monoisotopic (exact) mass is 190 g/mol. The zero-order valence-electron chi connectivity index (χ0n) is 1.94. The number of hydrogen-bond donors (Lipinski definition) is 1. The van der Waals surface area contributed by atoms with Crippen molar-refractivity contribution in [1.82, 2.24) is 0 Å². The van der Waals surface area contributed by atoms with Gasteiger partial charge in [-0.05, 0) is 12.9 Å². The van der Waals surface area contributed by atoms with E-state index in [9.17, 15) is 0 Å². The molecule has 0 aliphatic rings. The molecule has 0 unspecified atom stereocenters. The third-order valence-electron chi connectivity index (χ3n) is 0.0488. The van der Waals surface area contributed by atoms with E-state index in [0.29, 0.717) is 4.61 Å². The van der Waals surface area contributed by atoms with Crippen molar-refractivity contribution < 1.29 is 4.18 Å². The summed E-state index contributed by atoms with van der Waals surface area (Å²) in [6.07, 6.45) is 0. The highest BCUT2D eigenvalue weighted by Crippen LogP contribution is 1.82. The van der Waals surface area contributed by atoms with Crippen LogP contribution >= 0.6 is 35.5 Å². The first-order valence-corrected chi connectivity index (χ1v) is 2.63. The van der Waals surface area contributed by atoms with Crippen LogP contribution in [0.25, 0.3) is 0 Å². The van der Waals surface area contributed by atoms with Crippen LogP contribution in [0.5, 0.6) is 0 Å². The van der Waals surface area contributed by atoms with Crippen LogP contribution in [0.3, 0.4) is 0 Å². The first-order valence-electron chi connectivity index (χ1n) is 0.739. The average molecular weight is 190 g/mol. The fourth-order valence-electron chi connectivity index (χ4n) is 0. The van der Waals surface area contributed by atoms with Crippen LogP contribution in [0.15, 0.2) is 0 Å². The maximum atomic E-state index is 4.22. The summed E-state index contributed by atoms with van der Waals surface area (Å²) in [5.74, 6) is 0. The second-order valence-corrected chi connectivity index (χ2v) is 1.12. The van der Waals surface area contributed by atoms with Crippen LogP contribution < -0.4 is 0 Å². The van der Waals surface area contributed by atoms with Gasteiger partial charge in [0.15, 0.2) is 0 Å². The Labute approximate surface area is 44.5 Å². The smallest absolute Gasteiger partial charge is 0.112 e. The van der Waals surface area contributed by atoms with Crippen molar-refractivity contribution >= 4 is 35.5 Å². The van der Waals surface area contributed by atoms with Gasteiger partial charge >= 0.3 is 0 Å². The molecule has 0 radical (unpaired) electrons. The maximum absolute atomic E-state index is 4.22. The molecule has 0 saturated carbocycles. The Balaban J connectivity index is 1.97. The predicted octanol–water partition coefficient (Wildman–Crippen LogP) is 1.24. The van der Waals surface area contributed by atoms with Crippen molar-refractivity contribution in [2.24, 2.45) is 0 Å². The van der Waals surface area contributed by atoms with Gasteiger partial charge in [-0.25, -0.2) is 0 Å². The number of alkyl halides is 1. The Bertz CT molecular complexity index is 10.0. The molecule has 4 heavy (non-hydrogen) atoms. The predicted molar refractivity (Wildman–Crippen MR) is 29.0 cm³/mol. The highest BCUT2D eigenvalue weighted by atomic mass is 127. The normalized spacial score (nSPS) is 7.50. The van der Waals surface area contributed by atoms with Gasteiger partial charge in [0.25, 0.3) is 0 Å². The maximum Gasteiger partial charge on any atom is 0.112 e. The number of rotatable bonds is 1. The molecule has 0 aliphatic carbocycles. The molecule has 0 rings (SSSR count). The minimum atomic E-state index is 0.654. The number of thiol groups is 1. The second-order valence-electron chi connectivity index (χ2n) is 0.238. The van der Waals surface area contributed by atoms with E-state index in [-0.39, 0.29) is 0 Å². The summed E-state index contributed by atoms with van der Waals surface area (Å²) >= 11 is 5.47. The largest absolute Gasteiger partial charge is 0.308 e. The summed E-state index contributed by atoms with van der Waals surface area (Å²) in [4.78, 5) is 0. The lowest BCUT2D eigenvalue weighted by atomic mass is 11.8. The topological polar surface area (TPSA) is 9.23 Å². The molecule has 0 fully saturated rings. The van der Waals surface area contributed by atoms with Crippen LogP contribution in [0.1, 0.15) is 0 Å². The van der Waals surface area contributed by atoms with Crippen LogP contribution in [-0.2, 0) is 4.18 Å². The van der Waals surface area contributed by atoms with Crippen molar-refractivity contribution in [2.45, 2.75) is 0 Å². The van der Waals surface area contributed by atoms with Gasteiger partial charge < -0.3 is 4.18 Å². The lowest BCUT2D eigenvalue weighted by Crippen LogP contribution is -1.57. The van der Waals surface area contributed by atoms with Gasteiger partial charge in [-0.15, -0.1) is 0 Å². The van der Waals surface area contributed by atoms with E-state index in [1.54, 1.807) is 0 Å². The lowest BCUT2D eigenvalue weighted by molar-refractivity contribution is 0.488. The third-order valence-corrected chi connectivity index (χ3v) is 0.982. The summed E-state index contributed by atoms with van der Waals surface area (Å²) in [5.41, 5.74) is 0. The van der Waals surface area contributed by atoms with Gasteiger partial charge in [-0.2, -0.15) is 0 Å². The molecular formula is CH3IOS. The molecule has 0 N–H and O–H groups in total. The molecule has 0 amide bonds. The van der Waals surface area contributed by atoms with Crippen molar-refractivity contribution in [1.29, 1.82) is 0 Å². The van der Waals surface area contributed by atoms with Crippen LogP contribution in [0.4, 0.5) is 0 Å². The van der Waals surface area contributed by atoms with Gasteiger partial charge in [0, 0.05) is 0 Å². The number of hydrogen-bond acceptors (Lipinski definition) is 2. The highest BCUT2D eigenvalue weighted by molar-refractivity contribution is 14.1. The second kappa shape index (κ2) is 4.04. The average Bonchev–Trinajstić information content (AvgIpc) is 1.37. The fourth-order valence-corrected chi connectivity index (χ4v) is 0. The van der Waals surface area contributed by atoms with Crippen molar-refractivity contribution in [3.8, 4) is 0 Å². The molecule has 0 spiro atoms. The van der Waals surface area contributed by atoms with Crippen LogP contribution in [0, 0.1) is 0 Å². The van der Waals surface area contributed by atoms with Crippen molar-refractivity contribution in [2.75, 3.05) is 4.61 Å².